The highest BCUT2D eigenvalue weighted by atomic mass is 16.2. The zero-order valence-corrected chi connectivity index (χ0v) is 15.3. The SMILES string of the molecule is CC(C)(C)c1ccccc1N1CCN(C(=O)c2cc(=O)[nH]c(=O)[nH]2)CC1. The summed E-state index contributed by atoms with van der Waals surface area (Å²) in [6.07, 6.45) is 0. The van der Waals surface area contributed by atoms with Crippen molar-refractivity contribution in [3.8, 4) is 0 Å². The summed E-state index contributed by atoms with van der Waals surface area (Å²) < 4.78 is 0. The number of hydrogen-bond donors (Lipinski definition) is 2. The van der Waals surface area contributed by atoms with Gasteiger partial charge in [0.1, 0.15) is 5.69 Å². The van der Waals surface area contributed by atoms with Gasteiger partial charge in [-0.25, -0.2) is 4.79 Å². The molecule has 3 rings (SSSR count). The van der Waals surface area contributed by atoms with Crippen molar-refractivity contribution >= 4 is 11.6 Å². The number of amides is 1. The molecule has 1 aliphatic rings. The molecule has 138 valence electrons. The fraction of sp³-hybridized carbons (Fsp3) is 0.421. The molecule has 0 bridgehead atoms. The summed E-state index contributed by atoms with van der Waals surface area (Å²) in [5.41, 5.74) is 1.29. The molecular formula is C19H24N4O3. The first-order valence-corrected chi connectivity index (χ1v) is 8.73. The summed E-state index contributed by atoms with van der Waals surface area (Å²) in [7, 11) is 0. The molecule has 1 saturated heterocycles. The molecule has 7 nitrogen and oxygen atoms in total. The fourth-order valence-electron chi connectivity index (χ4n) is 3.29. The number of carbonyl (C=O) groups excluding carboxylic acids is 1. The molecule has 2 N–H and O–H groups in total. The van der Waals surface area contributed by atoms with Gasteiger partial charge < -0.3 is 14.8 Å². The number of hydrogen-bond acceptors (Lipinski definition) is 4. The van der Waals surface area contributed by atoms with Crippen LogP contribution in [0.1, 0.15) is 36.8 Å². The van der Waals surface area contributed by atoms with Gasteiger partial charge in [0.2, 0.25) is 0 Å². The molecule has 2 heterocycles. The normalized spacial score (nSPS) is 15.2. The number of carbonyl (C=O) groups is 1. The molecule has 2 aromatic rings. The fourth-order valence-corrected chi connectivity index (χ4v) is 3.29. The highest BCUT2D eigenvalue weighted by Crippen LogP contribution is 2.32. The van der Waals surface area contributed by atoms with Crippen LogP contribution in [0, 0.1) is 0 Å². The Bertz CT molecular complexity index is 887. The van der Waals surface area contributed by atoms with Crippen molar-refractivity contribution in [2.75, 3.05) is 31.1 Å². The smallest absolute Gasteiger partial charge is 0.326 e. The minimum absolute atomic E-state index is 0.0299. The summed E-state index contributed by atoms with van der Waals surface area (Å²) in [5.74, 6) is -0.322. The van der Waals surface area contributed by atoms with Gasteiger partial charge in [0.25, 0.3) is 11.5 Å². The maximum Gasteiger partial charge on any atom is 0.326 e. The second kappa shape index (κ2) is 6.82. The van der Waals surface area contributed by atoms with Crippen molar-refractivity contribution in [2.24, 2.45) is 0 Å². The Morgan fingerprint density at radius 2 is 1.65 bits per heavy atom. The molecular weight excluding hydrogens is 332 g/mol. The van der Waals surface area contributed by atoms with Gasteiger partial charge in [-0.05, 0) is 17.0 Å². The zero-order valence-electron chi connectivity index (χ0n) is 15.3. The second-order valence-electron chi connectivity index (χ2n) is 7.55. The number of nitrogens with one attached hydrogen (secondary N) is 2. The molecule has 7 heteroatoms. The van der Waals surface area contributed by atoms with Crippen LogP contribution in [0.5, 0.6) is 0 Å². The number of H-pyrrole nitrogens is 2. The third-order valence-electron chi connectivity index (χ3n) is 4.61. The van der Waals surface area contributed by atoms with Crippen molar-refractivity contribution in [1.82, 2.24) is 14.9 Å². The number of rotatable bonds is 2. The van der Waals surface area contributed by atoms with Gasteiger partial charge in [0.05, 0.1) is 0 Å². The standard InChI is InChI=1S/C19H24N4O3/c1-19(2,3)13-6-4-5-7-15(13)22-8-10-23(11-9-22)17(25)14-12-16(24)21-18(26)20-14/h4-7,12H,8-11H2,1-3H3,(H2,20,21,24,26). The lowest BCUT2D eigenvalue weighted by molar-refractivity contribution is 0.0740. The van der Waals surface area contributed by atoms with Crippen LogP contribution in [0.3, 0.4) is 0 Å². The molecule has 0 spiro atoms. The van der Waals surface area contributed by atoms with E-state index in [1.807, 2.05) is 12.1 Å². The van der Waals surface area contributed by atoms with E-state index >= 15 is 0 Å². The summed E-state index contributed by atoms with van der Waals surface area (Å²) in [4.78, 5) is 43.8. The number of piperazine rings is 1. The lowest BCUT2D eigenvalue weighted by Crippen LogP contribution is -2.49. The van der Waals surface area contributed by atoms with E-state index in [0.717, 1.165) is 6.07 Å². The van der Waals surface area contributed by atoms with Gasteiger partial charge in [-0.15, -0.1) is 0 Å². The van der Waals surface area contributed by atoms with E-state index in [1.165, 1.54) is 11.3 Å². The Hall–Kier alpha value is -2.83. The maximum atomic E-state index is 12.6. The molecule has 1 aromatic heterocycles. The van der Waals surface area contributed by atoms with Crippen LogP contribution in [0.2, 0.25) is 0 Å². The number of nitrogens with zero attached hydrogens (tertiary/aromatic N) is 2. The first-order chi connectivity index (χ1) is 12.3. The monoisotopic (exact) mass is 356 g/mol. The largest absolute Gasteiger partial charge is 0.368 e. The Labute approximate surface area is 151 Å². The molecule has 0 unspecified atom stereocenters. The molecule has 0 atom stereocenters. The van der Waals surface area contributed by atoms with E-state index in [4.69, 9.17) is 0 Å². The Morgan fingerprint density at radius 3 is 2.27 bits per heavy atom. The molecule has 0 aliphatic carbocycles. The summed E-state index contributed by atoms with van der Waals surface area (Å²) >= 11 is 0. The lowest BCUT2D eigenvalue weighted by Gasteiger charge is -2.38. The highest BCUT2D eigenvalue weighted by Gasteiger charge is 2.26. The summed E-state index contributed by atoms with van der Waals surface area (Å²) in [5, 5.41) is 0. The number of para-hydroxylation sites is 1. The number of anilines is 1. The topological polar surface area (TPSA) is 89.3 Å². The van der Waals surface area contributed by atoms with E-state index < -0.39 is 11.2 Å². The average Bonchev–Trinajstić information content (AvgIpc) is 2.60. The zero-order chi connectivity index (χ0) is 18.9. The molecule has 1 fully saturated rings. The molecule has 0 radical (unpaired) electrons. The van der Waals surface area contributed by atoms with E-state index in [2.05, 4.69) is 47.8 Å². The Kier molecular flexibility index (Phi) is 4.71. The second-order valence-corrected chi connectivity index (χ2v) is 7.55. The van der Waals surface area contributed by atoms with E-state index in [1.54, 1.807) is 4.90 Å². The third-order valence-corrected chi connectivity index (χ3v) is 4.61. The Morgan fingerprint density at radius 1 is 1.00 bits per heavy atom. The number of aromatic nitrogens is 2. The molecule has 1 aromatic carbocycles. The van der Waals surface area contributed by atoms with Crippen LogP contribution in [0.4, 0.5) is 5.69 Å². The van der Waals surface area contributed by atoms with Gasteiger partial charge in [0.15, 0.2) is 0 Å². The van der Waals surface area contributed by atoms with Crippen molar-refractivity contribution in [1.29, 1.82) is 0 Å². The Balaban J connectivity index is 1.75. The number of aromatic amines is 2. The molecule has 26 heavy (non-hydrogen) atoms. The lowest BCUT2D eigenvalue weighted by atomic mass is 9.85. The van der Waals surface area contributed by atoms with Gasteiger partial charge >= 0.3 is 5.69 Å². The van der Waals surface area contributed by atoms with Gasteiger partial charge in [-0.2, -0.15) is 0 Å². The van der Waals surface area contributed by atoms with Crippen LogP contribution >= 0.6 is 0 Å². The predicted octanol–water partition coefficient (Wildman–Crippen LogP) is 1.32. The van der Waals surface area contributed by atoms with E-state index in [-0.39, 0.29) is 17.0 Å². The van der Waals surface area contributed by atoms with Gasteiger partial charge in [-0.1, -0.05) is 39.0 Å². The van der Waals surface area contributed by atoms with Crippen LogP contribution in [-0.2, 0) is 5.41 Å². The predicted molar refractivity (Wildman–Crippen MR) is 101 cm³/mol. The summed E-state index contributed by atoms with van der Waals surface area (Å²) in [6, 6.07) is 9.47. The van der Waals surface area contributed by atoms with Crippen LogP contribution in [0.15, 0.2) is 39.9 Å². The van der Waals surface area contributed by atoms with E-state index in [9.17, 15) is 14.4 Å². The minimum atomic E-state index is -0.668. The highest BCUT2D eigenvalue weighted by molar-refractivity contribution is 5.92. The van der Waals surface area contributed by atoms with Gasteiger partial charge in [-0.3, -0.25) is 14.6 Å². The average molecular weight is 356 g/mol. The minimum Gasteiger partial charge on any atom is -0.368 e. The maximum absolute atomic E-state index is 12.6. The molecule has 0 saturated carbocycles. The van der Waals surface area contributed by atoms with Crippen molar-refractivity contribution in [3.63, 3.8) is 0 Å². The quantitative estimate of drug-likeness (QED) is 0.849. The van der Waals surface area contributed by atoms with Gasteiger partial charge in [0, 0.05) is 37.9 Å². The number of benzene rings is 1. The van der Waals surface area contributed by atoms with Crippen LogP contribution in [0.25, 0.3) is 0 Å². The van der Waals surface area contributed by atoms with Crippen LogP contribution in [-0.4, -0.2) is 47.0 Å². The summed E-state index contributed by atoms with van der Waals surface area (Å²) in [6.45, 7) is 9.04. The van der Waals surface area contributed by atoms with Crippen molar-refractivity contribution < 1.29 is 4.79 Å². The molecule has 1 aliphatic heterocycles. The third kappa shape index (κ3) is 3.71. The first-order valence-electron chi connectivity index (χ1n) is 8.73. The van der Waals surface area contributed by atoms with Crippen LogP contribution < -0.4 is 16.1 Å². The first kappa shape index (κ1) is 18.0. The van der Waals surface area contributed by atoms with Crippen molar-refractivity contribution in [2.45, 2.75) is 26.2 Å². The molecule has 1 amide bonds. The van der Waals surface area contributed by atoms with E-state index in [0.29, 0.717) is 26.2 Å². The van der Waals surface area contributed by atoms with Crippen molar-refractivity contribution in [3.05, 3.63) is 62.4 Å².